The zero-order valence-corrected chi connectivity index (χ0v) is 15.7. The molecule has 1 saturated carbocycles. The van der Waals surface area contributed by atoms with Gasteiger partial charge in [0.15, 0.2) is 5.96 Å². The predicted molar refractivity (Wildman–Crippen MR) is 99.5 cm³/mol. The molecule has 0 unspecified atom stereocenters. The molecule has 0 aromatic rings. The van der Waals surface area contributed by atoms with E-state index in [2.05, 4.69) is 22.5 Å². The van der Waals surface area contributed by atoms with Crippen molar-refractivity contribution >= 4 is 5.96 Å². The van der Waals surface area contributed by atoms with Gasteiger partial charge in [0.05, 0.1) is 0 Å². The van der Waals surface area contributed by atoms with Gasteiger partial charge in [0, 0.05) is 46.6 Å². The van der Waals surface area contributed by atoms with Crippen molar-refractivity contribution in [2.45, 2.75) is 58.3 Å². The number of aliphatic imine (C=N–C) groups is 1. The van der Waals surface area contributed by atoms with Gasteiger partial charge >= 0.3 is 0 Å². The van der Waals surface area contributed by atoms with Gasteiger partial charge in [0.25, 0.3) is 0 Å². The third-order valence-electron chi connectivity index (χ3n) is 5.72. The monoisotopic (exact) mass is 339 g/mol. The number of hydrogen-bond acceptors (Lipinski definition) is 3. The van der Waals surface area contributed by atoms with Crippen LogP contribution in [0.2, 0.25) is 0 Å². The molecule has 0 bridgehead atoms. The standard InChI is InChI=1S/C19H37N3O2/c1-3-19(9-4-5-10-19)16-22-18(20-2)21-11-6-12-24-15-17-7-13-23-14-8-17/h17H,3-16H2,1-2H3,(H2,20,21,22). The summed E-state index contributed by atoms with van der Waals surface area (Å²) in [5.74, 6) is 1.62. The summed E-state index contributed by atoms with van der Waals surface area (Å²) in [6, 6.07) is 0. The summed E-state index contributed by atoms with van der Waals surface area (Å²) in [4.78, 5) is 4.35. The zero-order valence-electron chi connectivity index (χ0n) is 15.7. The van der Waals surface area contributed by atoms with Crippen LogP contribution in [-0.4, -0.2) is 52.5 Å². The van der Waals surface area contributed by atoms with Crippen LogP contribution in [0.25, 0.3) is 0 Å². The number of guanidine groups is 1. The Kier molecular flexibility index (Phi) is 8.89. The molecule has 5 nitrogen and oxygen atoms in total. The van der Waals surface area contributed by atoms with Crippen molar-refractivity contribution in [2.75, 3.05) is 46.6 Å². The lowest BCUT2D eigenvalue weighted by molar-refractivity contribution is 0.0203. The second kappa shape index (κ2) is 10.9. The highest BCUT2D eigenvalue weighted by Crippen LogP contribution is 2.40. The van der Waals surface area contributed by atoms with Crippen LogP contribution in [0.1, 0.15) is 58.3 Å². The molecule has 1 saturated heterocycles. The molecule has 1 aliphatic heterocycles. The topological polar surface area (TPSA) is 54.9 Å². The van der Waals surface area contributed by atoms with Gasteiger partial charge in [-0.05, 0) is 49.9 Å². The van der Waals surface area contributed by atoms with Gasteiger partial charge < -0.3 is 20.1 Å². The Hall–Kier alpha value is -0.810. The van der Waals surface area contributed by atoms with Crippen molar-refractivity contribution in [1.82, 2.24) is 10.6 Å². The summed E-state index contributed by atoms with van der Waals surface area (Å²) in [6.45, 7) is 7.78. The maximum atomic E-state index is 5.81. The number of hydrogen-bond donors (Lipinski definition) is 2. The van der Waals surface area contributed by atoms with Crippen molar-refractivity contribution in [2.24, 2.45) is 16.3 Å². The minimum atomic E-state index is 0.491. The maximum Gasteiger partial charge on any atom is 0.190 e. The van der Waals surface area contributed by atoms with E-state index in [4.69, 9.17) is 9.47 Å². The lowest BCUT2D eigenvalue weighted by Crippen LogP contribution is -2.43. The fraction of sp³-hybridized carbons (Fsp3) is 0.947. The predicted octanol–water partition coefficient (Wildman–Crippen LogP) is 2.96. The van der Waals surface area contributed by atoms with Gasteiger partial charge in [-0.15, -0.1) is 0 Å². The highest BCUT2D eigenvalue weighted by atomic mass is 16.5. The van der Waals surface area contributed by atoms with Crippen LogP contribution in [-0.2, 0) is 9.47 Å². The van der Waals surface area contributed by atoms with E-state index >= 15 is 0 Å². The second-order valence-corrected chi connectivity index (χ2v) is 7.40. The summed E-state index contributed by atoms with van der Waals surface area (Å²) in [5.41, 5.74) is 0.491. The van der Waals surface area contributed by atoms with Crippen molar-refractivity contribution in [3.63, 3.8) is 0 Å². The van der Waals surface area contributed by atoms with Crippen molar-refractivity contribution in [1.29, 1.82) is 0 Å². The quantitative estimate of drug-likeness (QED) is 0.385. The molecule has 1 aliphatic carbocycles. The molecule has 0 amide bonds. The van der Waals surface area contributed by atoms with E-state index in [1.165, 1.54) is 32.1 Å². The Labute approximate surface area is 148 Å². The van der Waals surface area contributed by atoms with Crippen LogP contribution in [0.15, 0.2) is 4.99 Å². The lowest BCUT2D eigenvalue weighted by Gasteiger charge is -2.28. The van der Waals surface area contributed by atoms with E-state index in [1.807, 2.05) is 7.05 Å². The smallest absolute Gasteiger partial charge is 0.190 e. The molecular formula is C19H37N3O2. The molecule has 2 fully saturated rings. The first kappa shape index (κ1) is 19.5. The Morgan fingerprint density at radius 3 is 2.62 bits per heavy atom. The third-order valence-corrected chi connectivity index (χ3v) is 5.72. The van der Waals surface area contributed by atoms with Crippen LogP contribution < -0.4 is 10.6 Å². The molecule has 2 N–H and O–H groups in total. The van der Waals surface area contributed by atoms with Crippen LogP contribution >= 0.6 is 0 Å². The summed E-state index contributed by atoms with van der Waals surface area (Å²) < 4.78 is 11.2. The minimum absolute atomic E-state index is 0.491. The molecule has 1 heterocycles. The number of nitrogens with zero attached hydrogens (tertiary/aromatic N) is 1. The highest BCUT2D eigenvalue weighted by molar-refractivity contribution is 5.79. The van der Waals surface area contributed by atoms with Gasteiger partial charge in [-0.1, -0.05) is 19.8 Å². The van der Waals surface area contributed by atoms with Crippen molar-refractivity contribution in [3.8, 4) is 0 Å². The van der Waals surface area contributed by atoms with E-state index in [-0.39, 0.29) is 0 Å². The Balaban J connectivity index is 1.51. The van der Waals surface area contributed by atoms with Gasteiger partial charge in [0.2, 0.25) is 0 Å². The zero-order chi connectivity index (χ0) is 17.1. The Morgan fingerprint density at radius 1 is 1.21 bits per heavy atom. The first-order valence-corrected chi connectivity index (χ1v) is 9.88. The third kappa shape index (κ3) is 6.60. The van der Waals surface area contributed by atoms with Crippen molar-refractivity contribution < 1.29 is 9.47 Å². The van der Waals surface area contributed by atoms with Crippen LogP contribution in [0.4, 0.5) is 0 Å². The summed E-state index contributed by atoms with van der Waals surface area (Å²) in [5, 5.41) is 6.94. The number of nitrogens with one attached hydrogen (secondary N) is 2. The van der Waals surface area contributed by atoms with E-state index in [9.17, 15) is 0 Å². The number of rotatable bonds is 9. The summed E-state index contributed by atoms with van der Waals surface area (Å²) in [6.07, 6.45) is 10.0. The van der Waals surface area contributed by atoms with E-state index in [0.717, 1.165) is 64.7 Å². The molecule has 0 aromatic heterocycles. The summed E-state index contributed by atoms with van der Waals surface area (Å²) >= 11 is 0. The molecule has 0 atom stereocenters. The minimum Gasteiger partial charge on any atom is -0.381 e. The first-order chi connectivity index (χ1) is 11.8. The molecule has 0 radical (unpaired) electrons. The maximum absolute atomic E-state index is 5.81. The molecule has 2 aliphatic rings. The molecule has 0 spiro atoms. The van der Waals surface area contributed by atoms with E-state index < -0.39 is 0 Å². The second-order valence-electron chi connectivity index (χ2n) is 7.40. The summed E-state index contributed by atoms with van der Waals surface area (Å²) in [7, 11) is 1.85. The SMILES string of the molecule is CCC1(CNC(=NC)NCCCOCC2CCOCC2)CCCC1. The van der Waals surface area contributed by atoms with Crippen LogP contribution in [0.3, 0.4) is 0 Å². The lowest BCUT2D eigenvalue weighted by atomic mass is 9.83. The highest BCUT2D eigenvalue weighted by Gasteiger charge is 2.31. The van der Waals surface area contributed by atoms with E-state index in [0.29, 0.717) is 11.3 Å². The average Bonchev–Trinajstić information content (AvgIpc) is 3.11. The molecule has 140 valence electrons. The molecule has 2 rings (SSSR count). The van der Waals surface area contributed by atoms with Crippen LogP contribution in [0, 0.1) is 11.3 Å². The molecule has 24 heavy (non-hydrogen) atoms. The van der Waals surface area contributed by atoms with Gasteiger partial charge in [-0.2, -0.15) is 0 Å². The first-order valence-electron chi connectivity index (χ1n) is 9.88. The van der Waals surface area contributed by atoms with Gasteiger partial charge in [-0.3, -0.25) is 4.99 Å². The molecule has 5 heteroatoms. The average molecular weight is 340 g/mol. The van der Waals surface area contributed by atoms with Gasteiger partial charge in [0.1, 0.15) is 0 Å². The Morgan fingerprint density at radius 2 is 1.96 bits per heavy atom. The largest absolute Gasteiger partial charge is 0.381 e. The number of ether oxygens (including phenoxy) is 2. The molecular weight excluding hydrogens is 302 g/mol. The van der Waals surface area contributed by atoms with Crippen LogP contribution in [0.5, 0.6) is 0 Å². The van der Waals surface area contributed by atoms with Gasteiger partial charge in [-0.25, -0.2) is 0 Å². The molecule has 0 aromatic carbocycles. The fourth-order valence-electron chi connectivity index (χ4n) is 3.82. The van der Waals surface area contributed by atoms with Crippen molar-refractivity contribution in [3.05, 3.63) is 0 Å². The Bertz CT molecular complexity index is 362. The normalized spacial score (nSPS) is 21.8. The van der Waals surface area contributed by atoms with E-state index in [1.54, 1.807) is 0 Å². The fourth-order valence-corrected chi connectivity index (χ4v) is 3.82.